The lowest BCUT2D eigenvalue weighted by Gasteiger charge is -2.15. The zero-order chi connectivity index (χ0) is 22.4. The van der Waals surface area contributed by atoms with Crippen molar-refractivity contribution in [2.24, 2.45) is 0 Å². The zero-order valence-electron chi connectivity index (χ0n) is 18.4. The molecule has 0 spiro atoms. The summed E-state index contributed by atoms with van der Waals surface area (Å²) < 4.78 is 16.0. The van der Waals surface area contributed by atoms with E-state index in [0.29, 0.717) is 42.3 Å². The SMILES string of the molecule is CCOCCCN1C(=O)C(Nc2ccc(C)cc2)=C(c2ccc(OC)c(OC)c2)C1=O. The van der Waals surface area contributed by atoms with Crippen LogP contribution >= 0.6 is 0 Å². The van der Waals surface area contributed by atoms with Crippen LogP contribution in [0.5, 0.6) is 11.5 Å². The molecule has 0 saturated heterocycles. The molecule has 7 nitrogen and oxygen atoms in total. The molecular formula is C24H28N2O5. The summed E-state index contributed by atoms with van der Waals surface area (Å²) in [4.78, 5) is 27.7. The van der Waals surface area contributed by atoms with Crippen LogP contribution in [0.15, 0.2) is 48.2 Å². The molecule has 0 saturated carbocycles. The zero-order valence-corrected chi connectivity index (χ0v) is 18.4. The van der Waals surface area contributed by atoms with Gasteiger partial charge in [-0.25, -0.2) is 0 Å². The van der Waals surface area contributed by atoms with E-state index in [1.807, 2.05) is 38.1 Å². The molecular weight excluding hydrogens is 396 g/mol. The first kappa shape index (κ1) is 22.4. The van der Waals surface area contributed by atoms with E-state index >= 15 is 0 Å². The molecule has 1 heterocycles. The molecule has 0 radical (unpaired) electrons. The molecule has 3 rings (SSSR count). The highest BCUT2D eigenvalue weighted by molar-refractivity contribution is 6.36. The third-order valence-corrected chi connectivity index (χ3v) is 5.04. The molecule has 2 aromatic rings. The number of carbonyl (C=O) groups excluding carboxylic acids is 2. The standard InChI is InChI=1S/C24H28N2O5/c1-5-31-14-6-13-26-23(27)21(17-9-12-19(29-3)20(15-17)30-4)22(24(26)28)25-18-10-7-16(2)8-11-18/h7-12,15,25H,5-6,13-14H2,1-4H3. The lowest BCUT2D eigenvalue weighted by Crippen LogP contribution is -2.34. The number of hydrogen-bond donors (Lipinski definition) is 1. The van der Waals surface area contributed by atoms with Crippen LogP contribution in [-0.4, -0.2) is 50.7 Å². The van der Waals surface area contributed by atoms with Crippen LogP contribution in [0.3, 0.4) is 0 Å². The monoisotopic (exact) mass is 424 g/mol. The maximum absolute atomic E-state index is 13.3. The summed E-state index contributed by atoms with van der Waals surface area (Å²) in [6.45, 7) is 5.26. The first-order valence-electron chi connectivity index (χ1n) is 10.2. The van der Waals surface area contributed by atoms with E-state index < -0.39 is 0 Å². The Morgan fingerprint density at radius 1 is 0.935 bits per heavy atom. The van der Waals surface area contributed by atoms with Crippen molar-refractivity contribution in [2.45, 2.75) is 20.3 Å². The maximum Gasteiger partial charge on any atom is 0.278 e. The number of benzene rings is 2. The minimum Gasteiger partial charge on any atom is -0.493 e. The van der Waals surface area contributed by atoms with Gasteiger partial charge in [-0.2, -0.15) is 0 Å². The highest BCUT2D eigenvalue weighted by Gasteiger charge is 2.39. The number of nitrogens with one attached hydrogen (secondary N) is 1. The molecule has 164 valence electrons. The number of carbonyl (C=O) groups is 2. The number of nitrogens with zero attached hydrogens (tertiary/aromatic N) is 1. The van der Waals surface area contributed by atoms with Gasteiger partial charge in [-0.3, -0.25) is 14.5 Å². The van der Waals surface area contributed by atoms with Crippen LogP contribution < -0.4 is 14.8 Å². The predicted molar refractivity (Wildman–Crippen MR) is 119 cm³/mol. The van der Waals surface area contributed by atoms with Crippen molar-refractivity contribution in [2.75, 3.05) is 39.3 Å². The van der Waals surface area contributed by atoms with Gasteiger partial charge >= 0.3 is 0 Å². The van der Waals surface area contributed by atoms with Crippen molar-refractivity contribution in [1.82, 2.24) is 4.90 Å². The Hall–Kier alpha value is -3.32. The largest absolute Gasteiger partial charge is 0.493 e. The Morgan fingerprint density at radius 2 is 1.65 bits per heavy atom. The number of imide groups is 1. The number of hydrogen-bond acceptors (Lipinski definition) is 6. The maximum atomic E-state index is 13.3. The molecule has 0 aliphatic carbocycles. The molecule has 2 aromatic carbocycles. The van der Waals surface area contributed by atoms with Crippen molar-refractivity contribution >= 4 is 23.1 Å². The minimum atomic E-state index is -0.355. The summed E-state index contributed by atoms with van der Waals surface area (Å²) in [6.07, 6.45) is 0.572. The Labute approximate surface area is 182 Å². The Bertz CT molecular complexity index is 982. The average Bonchev–Trinajstić information content (AvgIpc) is 3.01. The topological polar surface area (TPSA) is 77.1 Å². The van der Waals surface area contributed by atoms with Gasteiger partial charge in [-0.15, -0.1) is 0 Å². The summed E-state index contributed by atoms with van der Waals surface area (Å²) >= 11 is 0. The highest BCUT2D eigenvalue weighted by Crippen LogP contribution is 2.35. The lowest BCUT2D eigenvalue weighted by atomic mass is 10.0. The van der Waals surface area contributed by atoms with Crippen molar-refractivity contribution < 1.29 is 23.8 Å². The normalized spacial score (nSPS) is 13.7. The molecule has 1 aliphatic rings. The molecule has 0 atom stereocenters. The number of aryl methyl sites for hydroxylation is 1. The molecule has 1 N–H and O–H groups in total. The van der Waals surface area contributed by atoms with E-state index in [9.17, 15) is 9.59 Å². The molecule has 31 heavy (non-hydrogen) atoms. The predicted octanol–water partition coefficient (Wildman–Crippen LogP) is 3.63. The van der Waals surface area contributed by atoms with Gasteiger partial charge in [0.15, 0.2) is 11.5 Å². The Balaban J connectivity index is 1.99. The molecule has 7 heteroatoms. The van der Waals surface area contributed by atoms with Gasteiger partial charge in [-0.05, 0) is 50.1 Å². The molecule has 1 aliphatic heterocycles. The van der Waals surface area contributed by atoms with Crippen molar-refractivity contribution in [3.63, 3.8) is 0 Å². The third kappa shape index (κ3) is 4.88. The lowest BCUT2D eigenvalue weighted by molar-refractivity contribution is -0.137. The minimum absolute atomic E-state index is 0.248. The molecule has 2 amide bonds. The quantitative estimate of drug-likeness (QED) is 0.464. The van der Waals surface area contributed by atoms with Crippen molar-refractivity contribution in [3.8, 4) is 11.5 Å². The van der Waals surface area contributed by atoms with Gasteiger partial charge in [0.2, 0.25) is 0 Å². The van der Waals surface area contributed by atoms with Crippen LogP contribution in [0.25, 0.3) is 5.57 Å². The summed E-state index contributed by atoms with van der Waals surface area (Å²) in [5, 5.41) is 3.16. The average molecular weight is 424 g/mol. The second kappa shape index (κ2) is 10.1. The van der Waals surface area contributed by atoms with Gasteiger partial charge in [-0.1, -0.05) is 23.8 Å². The van der Waals surface area contributed by atoms with Gasteiger partial charge in [0.05, 0.1) is 19.8 Å². The van der Waals surface area contributed by atoms with Crippen LogP contribution in [0.1, 0.15) is 24.5 Å². The second-order valence-corrected chi connectivity index (χ2v) is 7.12. The summed E-state index contributed by atoms with van der Waals surface area (Å²) in [5.41, 5.74) is 2.97. The fraction of sp³-hybridized carbons (Fsp3) is 0.333. The van der Waals surface area contributed by atoms with Gasteiger partial charge in [0, 0.05) is 25.4 Å². The van der Waals surface area contributed by atoms with E-state index in [0.717, 1.165) is 11.3 Å². The summed E-state index contributed by atoms with van der Waals surface area (Å²) in [5.74, 6) is 0.331. The van der Waals surface area contributed by atoms with Gasteiger partial charge in [0.25, 0.3) is 11.8 Å². The van der Waals surface area contributed by atoms with E-state index in [1.54, 1.807) is 25.3 Å². The van der Waals surface area contributed by atoms with Gasteiger partial charge < -0.3 is 19.5 Å². The second-order valence-electron chi connectivity index (χ2n) is 7.12. The fourth-order valence-corrected chi connectivity index (χ4v) is 3.40. The third-order valence-electron chi connectivity index (χ3n) is 5.04. The Morgan fingerprint density at radius 3 is 2.29 bits per heavy atom. The molecule has 0 aromatic heterocycles. The number of ether oxygens (including phenoxy) is 3. The molecule has 0 bridgehead atoms. The first-order valence-corrected chi connectivity index (χ1v) is 10.2. The first-order chi connectivity index (χ1) is 15.0. The number of rotatable bonds is 10. The van der Waals surface area contributed by atoms with E-state index in [-0.39, 0.29) is 24.1 Å². The van der Waals surface area contributed by atoms with Crippen LogP contribution in [0.4, 0.5) is 5.69 Å². The van der Waals surface area contributed by atoms with Crippen LogP contribution in [0, 0.1) is 6.92 Å². The van der Waals surface area contributed by atoms with E-state index in [2.05, 4.69) is 5.32 Å². The fourth-order valence-electron chi connectivity index (χ4n) is 3.40. The molecule has 0 fully saturated rings. The summed E-state index contributed by atoms with van der Waals surface area (Å²) in [6, 6.07) is 12.8. The molecule has 0 unspecified atom stereocenters. The van der Waals surface area contributed by atoms with Gasteiger partial charge in [0.1, 0.15) is 5.70 Å². The van der Waals surface area contributed by atoms with E-state index in [1.165, 1.54) is 12.0 Å². The number of anilines is 1. The van der Waals surface area contributed by atoms with Crippen LogP contribution in [0.2, 0.25) is 0 Å². The van der Waals surface area contributed by atoms with E-state index in [4.69, 9.17) is 14.2 Å². The number of methoxy groups -OCH3 is 2. The summed E-state index contributed by atoms with van der Waals surface area (Å²) in [7, 11) is 3.08. The van der Waals surface area contributed by atoms with Crippen molar-refractivity contribution in [3.05, 3.63) is 59.3 Å². The Kier molecular flexibility index (Phi) is 7.31. The highest BCUT2D eigenvalue weighted by atomic mass is 16.5. The van der Waals surface area contributed by atoms with Crippen LogP contribution in [-0.2, 0) is 14.3 Å². The number of amides is 2. The smallest absolute Gasteiger partial charge is 0.278 e. The van der Waals surface area contributed by atoms with Crippen molar-refractivity contribution in [1.29, 1.82) is 0 Å².